The van der Waals surface area contributed by atoms with Crippen molar-refractivity contribution in [2.24, 2.45) is 17.8 Å². The maximum atomic E-state index is 6.25. The van der Waals surface area contributed by atoms with E-state index in [4.69, 9.17) is 23.2 Å². The highest BCUT2D eigenvalue weighted by molar-refractivity contribution is 6.33. The summed E-state index contributed by atoms with van der Waals surface area (Å²) in [6.07, 6.45) is 5.81. The Labute approximate surface area is 125 Å². The lowest BCUT2D eigenvalue weighted by Crippen LogP contribution is -2.28. The predicted molar refractivity (Wildman–Crippen MR) is 81.8 cm³/mol. The van der Waals surface area contributed by atoms with E-state index in [1.807, 2.05) is 18.2 Å². The summed E-state index contributed by atoms with van der Waals surface area (Å²) in [6, 6.07) is 5.97. The first-order valence-corrected chi connectivity index (χ1v) is 8.07. The third-order valence-corrected chi connectivity index (χ3v) is 5.57. The van der Waals surface area contributed by atoms with Crippen molar-refractivity contribution in [2.75, 3.05) is 6.54 Å². The third kappa shape index (κ3) is 2.94. The number of hydrogen-bond donors (Lipinski definition) is 1. The standard InChI is InChI=1S/C16H21Cl2N/c1-10(15-8-14(17)4-5-16(15)18)19-9-13-7-11-2-3-12(13)6-11/h4-5,8,10-13,19H,2-3,6-7,9H2,1H3. The van der Waals surface area contributed by atoms with E-state index < -0.39 is 0 Å². The van der Waals surface area contributed by atoms with Gasteiger partial charge in [0.15, 0.2) is 0 Å². The molecule has 0 heterocycles. The Bertz CT molecular complexity index is 460. The van der Waals surface area contributed by atoms with Gasteiger partial charge in [0.05, 0.1) is 0 Å². The van der Waals surface area contributed by atoms with Gasteiger partial charge in [-0.05, 0) is 74.2 Å². The summed E-state index contributed by atoms with van der Waals surface area (Å²) < 4.78 is 0. The van der Waals surface area contributed by atoms with Crippen molar-refractivity contribution in [3.05, 3.63) is 33.8 Å². The van der Waals surface area contributed by atoms with Gasteiger partial charge in [0.25, 0.3) is 0 Å². The van der Waals surface area contributed by atoms with E-state index in [0.29, 0.717) is 0 Å². The molecule has 0 spiro atoms. The molecule has 0 radical (unpaired) electrons. The second-order valence-electron chi connectivity index (χ2n) is 6.23. The van der Waals surface area contributed by atoms with Crippen molar-refractivity contribution >= 4 is 23.2 Å². The minimum atomic E-state index is 0.269. The first-order chi connectivity index (χ1) is 9.13. The Morgan fingerprint density at radius 2 is 2.11 bits per heavy atom. The Balaban J connectivity index is 1.59. The fourth-order valence-electron chi connectivity index (χ4n) is 3.91. The number of nitrogens with one attached hydrogen (secondary N) is 1. The quantitative estimate of drug-likeness (QED) is 0.817. The van der Waals surface area contributed by atoms with Gasteiger partial charge in [-0.15, -0.1) is 0 Å². The molecule has 19 heavy (non-hydrogen) atoms. The van der Waals surface area contributed by atoms with Crippen LogP contribution in [0.5, 0.6) is 0 Å². The molecule has 2 aliphatic carbocycles. The number of benzene rings is 1. The van der Waals surface area contributed by atoms with Crippen LogP contribution in [-0.2, 0) is 0 Å². The van der Waals surface area contributed by atoms with Crippen molar-refractivity contribution < 1.29 is 0 Å². The normalized spacial score (nSPS) is 30.8. The minimum Gasteiger partial charge on any atom is -0.310 e. The zero-order chi connectivity index (χ0) is 13.4. The van der Waals surface area contributed by atoms with Crippen LogP contribution in [0.2, 0.25) is 10.0 Å². The highest BCUT2D eigenvalue weighted by Crippen LogP contribution is 2.48. The summed E-state index contributed by atoms with van der Waals surface area (Å²) in [6.45, 7) is 3.29. The molecule has 104 valence electrons. The van der Waals surface area contributed by atoms with Gasteiger partial charge in [-0.3, -0.25) is 0 Å². The van der Waals surface area contributed by atoms with Crippen LogP contribution in [0.1, 0.15) is 44.2 Å². The average Bonchev–Trinajstić information content (AvgIpc) is 3.01. The molecule has 1 aromatic carbocycles. The summed E-state index contributed by atoms with van der Waals surface area (Å²) in [5, 5.41) is 5.21. The van der Waals surface area contributed by atoms with Gasteiger partial charge < -0.3 is 5.32 Å². The fourth-order valence-corrected chi connectivity index (χ4v) is 4.37. The smallest absolute Gasteiger partial charge is 0.0454 e. The van der Waals surface area contributed by atoms with Gasteiger partial charge in [-0.25, -0.2) is 0 Å². The zero-order valence-corrected chi connectivity index (χ0v) is 12.8. The van der Waals surface area contributed by atoms with Crippen LogP contribution < -0.4 is 5.32 Å². The first-order valence-electron chi connectivity index (χ1n) is 7.32. The highest BCUT2D eigenvalue weighted by Gasteiger charge is 2.39. The summed E-state index contributed by atoms with van der Waals surface area (Å²) in [4.78, 5) is 0. The molecule has 2 fully saturated rings. The second-order valence-corrected chi connectivity index (χ2v) is 7.07. The van der Waals surface area contributed by atoms with Crippen LogP contribution in [0.4, 0.5) is 0 Å². The number of halogens is 2. The van der Waals surface area contributed by atoms with Gasteiger partial charge in [-0.1, -0.05) is 29.6 Å². The third-order valence-electron chi connectivity index (χ3n) is 5.00. The lowest BCUT2D eigenvalue weighted by molar-refractivity contribution is 0.309. The van der Waals surface area contributed by atoms with E-state index in [0.717, 1.165) is 39.9 Å². The van der Waals surface area contributed by atoms with Crippen LogP contribution in [0, 0.1) is 17.8 Å². The molecule has 0 amide bonds. The molecule has 4 atom stereocenters. The summed E-state index contributed by atoms with van der Waals surface area (Å²) in [5.41, 5.74) is 1.11. The zero-order valence-electron chi connectivity index (χ0n) is 11.3. The Hall–Kier alpha value is -0.240. The largest absolute Gasteiger partial charge is 0.310 e. The molecule has 0 saturated heterocycles. The fraction of sp³-hybridized carbons (Fsp3) is 0.625. The summed E-state index contributed by atoms with van der Waals surface area (Å²) in [5.74, 6) is 2.86. The van der Waals surface area contributed by atoms with Crippen LogP contribution >= 0.6 is 23.2 Å². The molecule has 3 rings (SSSR count). The summed E-state index contributed by atoms with van der Waals surface area (Å²) in [7, 11) is 0. The molecule has 2 saturated carbocycles. The van der Waals surface area contributed by atoms with Crippen LogP contribution in [0.3, 0.4) is 0 Å². The lowest BCUT2D eigenvalue weighted by Gasteiger charge is -2.24. The topological polar surface area (TPSA) is 12.0 Å². The van der Waals surface area contributed by atoms with Crippen molar-refractivity contribution in [3.8, 4) is 0 Å². The Morgan fingerprint density at radius 3 is 2.79 bits per heavy atom. The van der Waals surface area contributed by atoms with Gasteiger partial charge in [-0.2, -0.15) is 0 Å². The summed E-state index contributed by atoms with van der Waals surface area (Å²) >= 11 is 12.3. The van der Waals surface area contributed by atoms with E-state index in [-0.39, 0.29) is 6.04 Å². The molecule has 0 aromatic heterocycles. The number of hydrogen-bond acceptors (Lipinski definition) is 1. The molecule has 0 aliphatic heterocycles. The van der Waals surface area contributed by atoms with E-state index in [9.17, 15) is 0 Å². The van der Waals surface area contributed by atoms with Crippen LogP contribution in [0.25, 0.3) is 0 Å². The number of rotatable bonds is 4. The minimum absolute atomic E-state index is 0.269. The van der Waals surface area contributed by atoms with Crippen LogP contribution in [-0.4, -0.2) is 6.54 Å². The SMILES string of the molecule is CC(NCC1CC2CCC1C2)c1cc(Cl)ccc1Cl. The Kier molecular flexibility index (Phi) is 4.07. The molecule has 1 nitrogen and oxygen atoms in total. The molecule has 3 heteroatoms. The van der Waals surface area contributed by atoms with Crippen molar-refractivity contribution in [1.29, 1.82) is 0 Å². The molecule has 4 unspecified atom stereocenters. The highest BCUT2D eigenvalue weighted by atomic mass is 35.5. The molecular weight excluding hydrogens is 277 g/mol. The second kappa shape index (κ2) is 5.63. The molecule has 1 N–H and O–H groups in total. The van der Waals surface area contributed by atoms with Gasteiger partial charge in [0.1, 0.15) is 0 Å². The molecule has 1 aromatic rings. The van der Waals surface area contributed by atoms with E-state index in [1.54, 1.807) is 0 Å². The van der Waals surface area contributed by atoms with Gasteiger partial charge >= 0.3 is 0 Å². The van der Waals surface area contributed by atoms with Gasteiger partial charge in [0.2, 0.25) is 0 Å². The lowest BCUT2D eigenvalue weighted by atomic mass is 9.88. The predicted octanol–water partition coefficient (Wildman–Crippen LogP) is 5.08. The molecule has 2 bridgehead atoms. The van der Waals surface area contributed by atoms with Crippen molar-refractivity contribution in [1.82, 2.24) is 5.32 Å². The molecule has 2 aliphatic rings. The number of fused-ring (bicyclic) bond motifs is 2. The van der Waals surface area contributed by atoms with E-state index in [2.05, 4.69) is 12.2 Å². The maximum absolute atomic E-state index is 6.25. The average molecular weight is 298 g/mol. The van der Waals surface area contributed by atoms with Crippen molar-refractivity contribution in [2.45, 2.75) is 38.6 Å². The van der Waals surface area contributed by atoms with Crippen molar-refractivity contribution in [3.63, 3.8) is 0 Å². The van der Waals surface area contributed by atoms with Crippen LogP contribution in [0.15, 0.2) is 18.2 Å². The van der Waals surface area contributed by atoms with Gasteiger partial charge in [0, 0.05) is 16.1 Å². The Morgan fingerprint density at radius 1 is 1.26 bits per heavy atom. The first kappa shape index (κ1) is 13.7. The maximum Gasteiger partial charge on any atom is 0.0454 e. The van der Waals surface area contributed by atoms with E-state index >= 15 is 0 Å². The molecular formula is C16H21Cl2N. The monoisotopic (exact) mass is 297 g/mol. The van der Waals surface area contributed by atoms with E-state index in [1.165, 1.54) is 25.7 Å².